The summed E-state index contributed by atoms with van der Waals surface area (Å²) >= 11 is 0. The molecule has 4 nitrogen and oxygen atoms in total. The van der Waals surface area contributed by atoms with Gasteiger partial charge in [-0.05, 0) is 60.4 Å². The van der Waals surface area contributed by atoms with Crippen molar-refractivity contribution < 1.29 is 14.2 Å². The van der Waals surface area contributed by atoms with Gasteiger partial charge in [-0.1, -0.05) is 18.2 Å². The lowest BCUT2D eigenvalue weighted by Gasteiger charge is -2.15. The maximum absolute atomic E-state index is 5.80. The van der Waals surface area contributed by atoms with Crippen LogP contribution in [0.3, 0.4) is 0 Å². The largest absolute Gasteiger partial charge is 0.497 e. The second-order valence-corrected chi connectivity index (χ2v) is 6.40. The Hall–Kier alpha value is -2.46. The lowest BCUT2D eigenvalue weighted by atomic mass is 9.95. The highest BCUT2D eigenvalue weighted by molar-refractivity contribution is 6.13. The summed E-state index contributed by atoms with van der Waals surface area (Å²) in [5.74, 6) is 2.53. The van der Waals surface area contributed by atoms with E-state index in [-0.39, 0.29) is 6.79 Å². The Labute approximate surface area is 141 Å². The van der Waals surface area contributed by atoms with Crippen molar-refractivity contribution in [1.29, 1.82) is 0 Å². The quantitative estimate of drug-likeness (QED) is 0.683. The van der Waals surface area contributed by atoms with E-state index in [0.717, 1.165) is 41.0 Å². The molecule has 4 rings (SSSR count). The number of fused-ring (bicyclic) bond motifs is 5. The van der Waals surface area contributed by atoms with Crippen LogP contribution in [0.2, 0.25) is 0 Å². The maximum Gasteiger partial charge on any atom is 0.231 e. The molecule has 0 aromatic heterocycles. The van der Waals surface area contributed by atoms with Crippen molar-refractivity contribution in [2.75, 3.05) is 34.5 Å². The van der Waals surface area contributed by atoms with Crippen molar-refractivity contribution in [3.8, 4) is 17.2 Å². The van der Waals surface area contributed by atoms with E-state index in [1.807, 2.05) is 6.07 Å². The summed E-state index contributed by atoms with van der Waals surface area (Å²) in [6, 6.07) is 12.6. The molecule has 3 aromatic rings. The minimum atomic E-state index is 0.280. The fourth-order valence-corrected chi connectivity index (χ4v) is 3.32. The van der Waals surface area contributed by atoms with Crippen molar-refractivity contribution in [1.82, 2.24) is 4.90 Å². The van der Waals surface area contributed by atoms with Crippen molar-refractivity contribution in [3.05, 3.63) is 42.0 Å². The first kappa shape index (κ1) is 15.1. The van der Waals surface area contributed by atoms with E-state index in [2.05, 4.69) is 49.3 Å². The van der Waals surface area contributed by atoms with Crippen LogP contribution >= 0.6 is 0 Å². The summed E-state index contributed by atoms with van der Waals surface area (Å²) in [6.45, 7) is 1.27. The Balaban J connectivity index is 2.02. The van der Waals surface area contributed by atoms with Crippen molar-refractivity contribution >= 4 is 21.5 Å². The van der Waals surface area contributed by atoms with Gasteiger partial charge in [0.25, 0.3) is 0 Å². The molecule has 0 N–H and O–H groups in total. The van der Waals surface area contributed by atoms with Gasteiger partial charge in [0.2, 0.25) is 6.79 Å². The third kappa shape index (κ3) is 2.43. The van der Waals surface area contributed by atoms with Gasteiger partial charge in [-0.2, -0.15) is 0 Å². The van der Waals surface area contributed by atoms with Crippen molar-refractivity contribution in [3.63, 3.8) is 0 Å². The van der Waals surface area contributed by atoms with Gasteiger partial charge in [0.1, 0.15) is 5.75 Å². The van der Waals surface area contributed by atoms with Gasteiger partial charge >= 0.3 is 0 Å². The summed E-state index contributed by atoms with van der Waals surface area (Å²) in [6.07, 6.45) is 0.968. The molecule has 3 aromatic carbocycles. The lowest BCUT2D eigenvalue weighted by Crippen LogP contribution is -2.15. The van der Waals surface area contributed by atoms with Crippen LogP contribution in [-0.4, -0.2) is 39.4 Å². The summed E-state index contributed by atoms with van der Waals surface area (Å²) in [5, 5.41) is 4.66. The zero-order valence-corrected chi connectivity index (χ0v) is 14.3. The molecule has 24 heavy (non-hydrogen) atoms. The van der Waals surface area contributed by atoms with E-state index >= 15 is 0 Å². The normalized spacial score (nSPS) is 13.2. The molecule has 4 heteroatoms. The number of methoxy groups -OCH3 is 1. The number of hydrogen-bond acceptors (Lipinski definition) is 4. The Morgan fingerprint density at radius 3 is 2.67 bits per heavy atom. The third-order valence-electron chi connectivity index (χ3n) is 4.58. The molecule has 0 saturated carbocycles. The average Bonchev–Trinajstić information content (AvgIpc) is 3.06. The summed E-state index contributed by atoms with van der Waals surface area (Å²) in [4.78, 5) is 2.19. The average molecular weight is 323 g/mol. The van der Waals surface area contributed by atoms with Crippen molar-refractivity contribution in [2.45, 2.75) is 6.42 Å². The second kappa shape index (κ2) is 5.87. The number of nitrogens with zero attached hydrogens (tertiary/aromatic N) is 1. The minimum absolute atomic E-state index is 0.280. The molecule has 124 valence electrons. The zero-order chi connectivity index (χ0) is 16.7. The van der Waals surface area contributed by atoms with Gasteiger partial charge in [-0.15, -0.1) is 0 Å². The standard InChI is InChI=1S/C20H21NO3/c1-21(2)9-8-14-10-18-20(24-12-23-18)19-16(14)7-5-13-4-6-15(22-3)11-17(13)19/h4-7,10-11H,8-9,12H2,1-3H3. The summed E-state index contributed by atoms with van der Waals surface area (Å²) in [7, 11) is 5.88. The number of benzene rings is 3. The van der Waals surface area contributed by atoms with Gasteiger partial charge in [0.05, 0.1) is 7.11 Å². The van der Waals surface area contributed by atoms with E-state index in [9.17, 15) is 0 Å². The Morgan fingerprint density at radius 1 is 1.04 bits per heavy atom. The molecular formula is C20H21NO3. The van der Waals surface area contributed by atoms with E-state index in [1.54, 1.807) is 7.11 Å². The van der Waals surface area contributed by atoms with Crippen LogP contribution in [0.4, 0.5) is 0 Å². The molecule has 0 saturated heterocycles. The Bertz CT molecular complexity index is 918. The third-order valence-corrected chi connectivity index (χ3v) is 4.58. The van der Waals surface area contributed by atoms with Crippen LogP contribution in [0.25, 0.3) is 21.5 Å². The molecule has 0 aliphatic carbocycles. The number of ether oxygens (including phenoxy) is 3. The molecule has 0 bridgehead atoms. The van der Waals surface area contributed by atoms with E-state index in [1.165, 1.54) is 16.3 Å². The van der Waals surface area contributed by atoms with Gasteiger partial charge < -0.3 is 19.1 Å². The first-order chi connectivity index (χ1) is 11.7. The van der Waals surface area contributed by atoms with Crippen LogP contribution in [0.1, 0.15) is 5.56 Å². The minimum Gasteiger partial charge on any atom is -0.497 e. The van der Waals surface area contributed by atoms with Gasteiger partial charge in [0, 0.05) is 11.9 Å². The van der Waals surface area contributed by atoms with E-state index in [0.29, 0.717) is 0 Å². The van der Waals surface area contributed by atoms with Crippen LogP contribution in [0, 0.1) is 0 Å². The number of likely N-dealkylation sites (N-methyl/N-ethyl adjacent to an activating group) is 1. The first-order valence-corrected chi connectivity index (χ1v) is 8.14. The highest BCUT2D eigenvalue weighted by atomic mass is 16.7. The summed E-state index contributed by atoms with van der Waals surface area (Å²) < 4.78 is 16.9. The monoisotopic (exact) mass is 323 g/mol. The molecule has 0 radical (unpaired) electrons. The Morgan fingerprint density at radius 2 is 1.88 bits per heavy atom. The molecule has 0 spiro atoms. The summed E-state index contributed by atoms with van der Waals surface area (Å²) in [5.41, 5.74) is 1.28. The SMILES string of the molecule is COc1ccc2ccc3c(CCN(C)C)cc4c(c3c2c1)OCO4. The molecule has 1 aliphatic heterocycles. The topological polar surface area (TPSA) is 30.9 Å². The zero-order valence-electron chi connectivity index (χ0n) is 14.3. The highest BCUT2D eigenvalue weighted by Gasteiger charge is 2.21. The lowest BCUT2D eigenvalue weighted by molar-refractivity contribution is 0.175. The maximum atomic E-state index is 5.80. The molecule has 0 atom stereocenters. The van der Waals surface area contributed by atoms with Crippen molar-refractivity contribution in [2.24, 2.45) is 0 Å². The molecule has 0 unspecified atom stereocenters. The number of hydrogen-bond donors (Lipinski definition) is 0. The smallest absolute Gasteiger partial charge is 0.231 e. The van der Waals surface area contributed by atoms with Gasteiger partial charge in [-0.25, -0.2) is 0 Å². The predicted molar refractivity (Wildman–Crippen MR) is 96.4 cm³/mol. The molecule has 0 amide bonds. The molecule has 1 aliphatic rings. The van der Waals surface area contributed by atoms with Gasteiger partial charge in [-0.3, -0.25) is 0 Å². The van der Waals surface area contributed by atoms with E-state index < -0.39 is 0 Å². The second-order valence-electron chi connectivity index (χ2n) is 6.40. The highest BCUT2D eigenvalue weighted by Crippen LogP contribution is 2.45. The molecular weight excluding hydrogens is 302 g/mol. The first-order valence-electron chi connectivity index (χ1n) is 8.14. The van der Waals surface area contributed by atoms with Crippen LogP contribution in [0.5, 0.6) is 17.2 Å². The van der Waals surface area contributed by atoms with Crippen LogP contribution < -0.4 is 14.2 Å². The van der Waals surface area contributed by atoms with Crippen LogP contribution in [-0.2, 0) is 6.42 Å². The fraction of sp³-hybridized carbons (Fsp3) is 0.300. The molecule has 0 fully saturated rings. The predicted octanol–water partition coefficient (Wildman–Crippen LogP) is 3.83. The Kier molecular flexibility index (Phi) is 3.69. The van der Waals surface area contributed by atoms with Crippen LogP contribution in [0.15, 0.2) is 36.4 Å². The molecule has 1 heterocycles. The number of rotatable bonds is 4. The van der Waals surface area contributed by atoms with Gasteiger partial charge in [0.15, 0.2) is 11.5 Å². The van der Waals surface area contributed by atoms with E-state index in [4.69, 9.17) is 14.2 Å². The fourth-order valence-electron chi connectivity index (χ4n) is 3.32.